The summed E-state index contributed by atoms with van der Waals surface area (Å²) < 4.78 is 47.6. The number of nitrogens with zero attached hydrogens (tertiary/aromatic N) is 1. The van der Waals surface area contributed by atoms with E-state index in [0.717, 1.165) is 0 Å². The summed E-state index contributed by atoms with van der Waals surface area (Å²) in [5.41, 5.74) is 0. The minimum Gasteiger partial charge on any atom is -0.480 e. The number of carboxylic acids is 1. The molecule has 0 fully saturated rings. The smallest absolute Gasteiger partial charge is 0.406 e. The number of nitrogens with one attached hydrogen (secondary N) is 1. The van der Waals surface area contributed by atoms with Crippen molar-refractivity contribution >= 4 is 22.8 Å². The van der Waals surface area contributed by atoms with Crippen molar-refractivity contribution in [2.45, 2.75) is 25.6 Å². The number of carboxylic acid groups (broad SMARTS) is 1. The van der Waals surface area contributed by atoms with E-state index in [4.69, 9.17) is 5.11 Å². The number of hydrogen-bond donors (Lipinski definition) is 2. The maximum absolute atomic E-state index is 12.3. The van der Waals surface area contributed by atoms with E-state index in [2.05, 4.69) is 5.32 Å². The number of hydrogen-bond acceptors (Lipinski definition) is 3. The lowest BCUT2D eigenvalue weighted by atomic mass is 10.2. The van der Waals surface area contributed by atoms with E-state index < -0.39 is 48.1 Å². The van der Waals surface area contributed by atoms with Crippen molar-refractivity contribution in [2.24, 2.45) is 0 Å². The van der Waals surface area contributed by atoms with E-state index in [0.29, 0.717) is 12.2 Å². The highest BCUT2D eigenvalue weighted by atomic mass is 32.2. The van der Waals surface area contributed by atoms with Crippen molar-refractivity contribution in [3.63, 3.8) is 0 Å². The predicted molar refractivity (Wildman–Crippen MR) is 66.8 cm³/mol. The molecule has 2 amide bonds. The lowest BCUT2D eigenvalue weighted by molar-refractivity contribution is -0.149. The van der Waals surface area contributed by atoms with Crippen LogP contribution in [0.3, 0.4) is 0 Å². The zero-order valence-electron chi connectivity index (χ0n) is 11.1. The Hall–Kier alpha value is -1.32. The van der Waals surface area contributed by atoms with Crippen molar-refractivity contribution in [3.05, 3.63) is 0 Å². The summed E-state index contributed by atoms with van der Waals surface area (Å²) in [7, 11) is -1.08. The Bertz CT molecular complexity index is 376. The van der Waals surface area contributed by atoms with Crippen molar-refractivity contribution < 1.29 is 32.1 Å². The number of carbonyl (C=O) groups excluding carboxylic acids is 1. The van der Waals surface area contributed by atoms with Gasteiger partial charge in [0.15, 0.2) is 0 Å². The Kier molecular flexibility index (Phi) is 7.54. The normalized spacial score (nSPS) is 14.4. The first kappa shape index (κ1) is 18.7. The summed E-state index contributed by atoms with van der Waals surface area (Å²) in [5.74, 6) is -1.24. The molecule has 2 unspecified atom stereocenters. The third kappa shape index (κ3) is 9.59. The maximum atomic E-state index is 12.3. The van der Waals surface area contributed by atoms with Crippen LogP contribution in [0.2, 0.25) is 0 Å². The Morgan fingerprint density at radius 2 is 1.95 bits per heavy atom. The van der Waals surface area contributed by atoms with Crippen molar-refractivity contribution in [2.75, 3.05) is 25.1 Å². The lowest BCUT2D eigenvalue weighted by Gasteiger charge is -2.24. The van der Waals surface area contributed by atoms with E-state index in [1.165, 1.54) is 13.2 Å². The number of carbonyl (C=O) groups is 2. The minimum absolute atomic E-state index is 0.168. The fourth-order valence-electron chi connectivity index (χ4n) is 1.30. The zero-order valence-corrected chi connectivity index (χ0v) is 11.9. The average Bonchev–Trinajstić information content (AvgIpc) is 2.22. The number of amides is 2. The van der Waals surface area contributed by atoms with E-state index in [1.54, 1.807) is 0 Å². The molecule has 2 N–H and O–H groups in total. The Morgan fingerprint density at radius 1 is 1.40 bits per heavy atom. The molecule has 20 heavy (non-hydrogen) atoms. The van der Waals surface area contributed by atoms with Gasteiger partial charge in [0.05, 0.1) is 0 Å². The molecule has 0 bridgehead atoms. The SMILES string of the molecule is CC(CCS(C)=O)NC(=O)N(CC(=O)O)CC(F)(F)F. The molecule has 0 aromatic heterocycles. The molecular formula is C10H17F3N2O4S. The lowest BCUT2D eigenvalue weighted by Crippen LogP contribution is -2.49. The molecule has 0 aliphatic heterocycles. The van der Waals surface area contributed by atoms with Crippen LogP contribution in [0.4, 0.5) is 18.0 Å². The molecule has 0 aromatic carbocycles. The summed E-state index contributed by atoms with van der Waals surface area (Å²) in [4.78, 5) is 22.2. The van der Waals surface area contributed by atoms with Crippen LogP contribution in [0.1, 0.15) is 13.3 Å². The fraction of sp³-hybridized carbons (Fsp3) is 0.800. The maximum Gasteiger partial charge on any atom is 0.406 e. The minimum atomic E-state index is -4.68. The van der Waals surface area contributed by atoms with Gasteiger partial charge in [-0.15, -0.1) is 0 Å². The average molecular weight is 318 g/mol. The quantitative estimate of drug-likeness (QED) is 0.727. The van der Waals surface area contributed by atoms with Gasteiger partial charge in [-0.3, -0.25) is 9.00 Å². The van der Waals surface area contributed by atoms with Crippen molar-refractivity contribution in [1.82, 2.24) is 10.2 Å². The van der Waals surface area contributed by atoms with Gasteiger partial charge in [-0.1, -0.05) is 0 Å². The number of urea groups is 1. The summed E-state index contributed by atoms with van der Waals surface area (Å²) in [6.45, 7) is -1.15. The number of alkyl halides is 3. The van der Waals surface area contributed by atoms with Crippen LogP contribution >= 0.6 is 0 Å². The van der Waals surface area contributed by atoms with Crippen LogP contribution in [0.15, 0.2) is 0 Å². The highest BCUT2D eigenvalue weighted by Crippen LogP contribution is 2.16. The van der Waals surface area contributed by atoms with Gasteiger partial charge < -0.3 is 15.3 Å². The van der Waals surface area contributed by atoms with Gasteiger partial charge in [0.25, 0.3) is 0 Å². The second-order valence-electron chi connectivity index (χ2n) is 4.28. The summed E-state index contributed by atoms with van der Waals surface area (Å²) in [6, 6.07) is -1.62. The van der Waals surface area contributed by atoms with Gasteiger partial charge in [-0.25, -0.2) is 4.79 Å². The van der Waals surface area contributed by atoms with Gasteiger partial charge in [-0.05, 0) is 13.3 Å². The monoisotopic (exact) mass is 318 g/mol. The molecule has 0 saturated heterocycles. The van der Waals surface area contributed by atoms with Gasteiger partial charge in [-0.2, -0.15) is 13.2 Å². The third-order valence-corrected chi connectivity index (χ3v) is 3.00. The molecular weight excluding hydrogens is 301 g/mol. The molecule has 6 nitrogen and oxygen atoms in total. The molecule has 0 aliphatic carbocycles. The van der Waals surface area contributed by atoms with Crippen LogP contribution < -0.4 is 5.32 Å². The molecule has 0 spiro atoms. The molecule has 0 aromatic rings. The van der Waals surface area contributed by atoms with Crippen molar-refractivity contribution in [1.29, 1.82) is 0 Å². The molecule has 10 heteroatoms. The number of halogens is 3. The molecule has 0 heterocycles. The van der Waals surface area contributed by atoms with Crippen LogP contribution in [0.25, 0.3) is 0 Å². The van der Waals surface area contributed by atoms with Crippen LogP contribution in [0, 0.1) is 0 Å². The molecule has 0 radical (unpaired) electrons. The highest BCUT2D eigenvalue weighted by Gasteiger charge is 2.34. The Morgan fingerprint density at radius 3 is 2.35 bits per heavy atom. The summed E-state index contributed by atoms with van der Waals surface area (Å²) in [5, 5.41) is 10.8. The molecule has 2 atom stereocenters. The molecule has 118 valence electrons. The first-order valence-electron chi connectivity index (χ1n) is 5.65. The first-order chi connectivity index (χ1) is 9.01. The van der Waals surface area contributed by atoms with Gasteiger partial charge >= 0.3 is 18.2 Å². The van der Waals surface area contributed by atoms with E-state index in [9.17, 15) is 27.0 Å². The highest BCUT2D eigenvalue weighted by molar-refractivity contribution is 7.84. The topological polar surface area (TPSA) is 86.7 Å². The Labute approximate surface area is 116 Å². The summed E-state index contributed by atoms with van der Waals surface area (Å²) >= 11 is 0. The van der Waals surface area contributed by atoms with Crippen LogP contribution in [-0.2, 0) is 15.6 Å². The number of aliphatic carboxylic acids is 1. The standard InChI is InChI=1S/C10H17F3N2O4S/c1-7(3-4-20(2)19)14-9(18)15(5-8(16)17)6-10(11,12)13/h7H,3-6H2,1-2H3,(H,14,18)(H,16,17). The zero-order chi connectivity index (χ0) is 15.9. The van der Waals surface area contributed by atoms with Gasteiger partial charge in [0, 0.05) is 28.9 Å². The van der Waals surface area contributed by atoms with Crippen LogP contribution in [0.5, 0.6) is 0 Å². The molecule has 0 aliphatic rings. The van der Waals surface area contributed by atoms with E-state index in [1.807, 2.05) is 0 Å². The Balaban J connectivity index is 4.54. The van der Waals surface area contributed by atoms with Crippen LogP contribution in [-0.4, -0.2) is 63.5 Å². The fourth-order valence-corrected chi connectivity index (χ4v) is 1.98. The first-order valence-corrected chi connectivity index (χ1v) is 7.38. The molecule has 0 saturated carbocycles. The second-order valence-corrected chi connectivity index (χ2v) is 5.84. The van der Waals surface area contributed by atoms with E-state index >= 15 is 0 Å². The predicted octanol–water partition coefficient (Wildman–Crippen LogP) is 0.802. The molecule has 0 rings (SSSR count). The summed E-state index contributed by atoms with van der Waals surface area (Å²) in [6.07, 6.45) is -2.89. The van der Waals surface area contributed by atoms with Gasteiger partial charge in [0.2, 0.25) is 0 Å². The van der Waals surface area contributed by atoms with Crippen molar-refractivity contribution in [3.8, 4) is 0 Å². The van der Waals surface area contributed by atoms with Gasteiger partial charge in [0.1, 0.15) is 13.1 Å². The second kappa shape index (κ2) is 8.08. The number of rotatable bonds is 7. The third-order valence-electron chi connectivity index (χ3n) is 2.19. The largest absolute Gasteiger partial charge is 0.480 e. The van der Waals surface area contributed by atoms with E-state index in [-0.39, 0.29) is 4.90 Å².